The molecule has 1 aliphatic heterocycles. The number of anilines is 3. The van der Waals surface area contributed by atoms with Crippen LogP contribution in [-0.4, -0.2) is 4.57 Å². The van der Waals surface area contributed by atoms with Crippen LogP contribution in [0.5, 0.6) is 0 Å². The van der Waals surface area contributed by atoms with Gasteiger partial charge in [-0.2, -0.15) is 0 Å². The van der Waals surface area contributed by atoms with E-state index in [1.165, 1.54) is 22.3 Å². The Morgan fingerprint density at radius 3 is 1.47 bits per heavy atom. The van der Waals surface area contributed by atoms with E-state index in [2.05, 4.69) is 198 Å². The van der Waals surface area contributed by atoms with Crippen LogP contribution in [0.3, 0.4) is 0 Å². The van der Waals surface area contributed by atoms with Gasteiger partial charge in [0.1, 0.15) is 0 Å². The normalized spacial score (nSPS) is 14.3. The van der Waals surface area contributed by atoms with E-state index in [1.54, 1.807) is 0 Å². The second kappa shape index (κ2) is 13.8. The molecule has 0 radical (unpaired) electrons. The summed E-state index contributed by atoms with van der Waals surface area (Å²) in [5, 5.41) is 4.91. The van der Waals surface area contributed by atoms with Gasteiger partial charge in [0.05, 0.1) is 16.3 Å². The van der Waals surface area contributed by atoms with E-state index >= 15 is 4.57 Å². The van der Waals surface area contributed by atoms with Crippen molar-refractivity contribution in [3.63, 3.8) is 0 Å². The highest BCUT2D eigenvalue weighted by Crippen LogP contribution is 2.55. The lowest BCUT2D eigenvalue weighted by Crippen LogP contribution is -2.22. The van der Waals surface area contributed by atoms with E-state index in [9.17, 15) is 0 Å². The summed E-state index contributed by atoms with van der Waals surface area (Å²) in [6.45, 7) is 0. The summed E-state index contributed by atoms with van der Waals surface area (Å²) in [5.41, 5.74) is 13.1. The van der Waals surface area contributed by atoms with Gasteiger partial charge in [0.25, 0.3) is 0 Å². The zero-order valence-corrected chi connectivity index (χ0v) is 32.5. The third kappa shape index (κ3) is 5.39. The first-order valence-electron chi connectivity index (χ1n) is 19.7. The van der Waals surface area contributed by atoms with Crippen molar-refractivity contribution in [2.75, 3.05) is 4.90 Å². The second-order valence-electron chi connectivity index (χ2n) is 14.9. The van der Waals surface area contributed by atoms with Crippen LogP contribution in [0.4, 0.5) is 17.1 Å². The summed E-state index contributed by atoms with van der Waals surface area (Å²) >= 11 is 0. The van der Waals surface area contributed by atoms with Crippen molar-refractivity contribution in [3.8, 4) is 39.1 Å². The van der Waals surface area contributed by atoms with Crippen molar-refractivity contribution in [2.45, 2.75) is 0 Å². The minimum atomic E-state index is -3.24. The predicted octanol–water partition coefficient (Wildman–Crippen LogP) is 13.2. The van der Waals surface area contributed by atoms with Crippen molar-refractivity contribution < 1.29 is 4.57 Å². The molecule has 9 aromatic carbocycles. The first-order chi connectivity index (χ1) is 28.7. The second-order valence-corrected chi connectivity index (χ2v) is 17.5. The van der Waals surface area contributed by atoms with Crippen LogP contribution in [0, 0.1) is 0 Å². The summed E-state index contributed by atoms with van der Waals surface area (Å²) < 4.78 is 18.3. The van der Waals surface area contributed by atoms with Crippen molar-refractivity contribution in [2.24, 2.45) is 0 Å². The minimum absolute atomic E-state index is 0.855. The summed E-state index contributed by atoms with van der Waals surface area (Å²) in [6.07, 6.45) is 0. The van der Waals surface area contributed by atoms with E-state index in [4.69, 9.17) is 0 Å². The fraction of sp³-hybridized carbons (Fsp3) is 0. The van der Waals surface area contributed by atoms with Gasteiger partial charge in [-0.1, -0.05) is 170 Å². The van der Waals surface area contributed by atoms with Crippen molar-refractivity contribution >= 4 is 61.9 Å². The Balaban J connectivity index is 1.08. The van der Waals surface area contributed by atoms with Crippen LogP contribution in [-0.2, 0) is 4.57 Å². The summed E-state index contributed by atoms with van der Waals surface area (Å²) in [6, 6.07) is 78.7. The van der Waals surface area contributed by atoms with Crippen molar-refractivity contribution in [3.05, 3.63) is 224 Å². The van der Waals surface area contributed by atoms with Crippen LogP contribution in [0.25, 0.3) is 60.9 Å². The number of aromatic nitrogens is 1. The van der Waals surface area contributed by atoms with Gasteiger partial charge in [-0.05, 0) is 88.0 Å². The third-order valence-corrected chi connectivity index (χ3v) is 14.8. The molecular formula is C54H37N2OP. The predicted molar refractivity (Wildman–Crippen MR) is 245 cm³/mol. The molecule has 10 aromatic rings. The minimum Gasteiger partial charge on any atom is -0.311 e. The quantitative estimate of drug-likeness (QED) is 0.151. The molecule has 1 atom stereocenters. The number of fused-ring (bicyclic) bond motifs is 7. The average Bonchev–Trinajstić information content (AvgIpc) is 3.78. The van der Waals surface area contributed by atoms with E-state index in [1.807, 2.05) is 36.4 Å². The zero-order chi connectivity index (χ0) is 38.6. The number of hydrogen-bond acceptors (Lipinski definition) is 2. The lowest BCUT2D eigenvalue weighted by Gasteiger charge is -2.26. The molecular weight excluding hydrogens is 724 g/mol. The largest absolute Gasteiger partial charge is 0.311 e. The number of benzene rings is 9. The van der Waals surface area contributed by atoms with Gasteiger partial charge < -0.3 is 14.0 Å². The van der Waals surface area contributed by atoms with Crippen LogP contribution in [0.2, 0.25) is 0 Å². The van der Waals surface area contributed by atoms with Crippen LogP contribution < -0.4 is 20.8 Å². The average molecular weight is 761 g/mol. The molecule has 0 aliphatic carbocycles. The van der Waals surface area contributed by atoms with Crippen LogP contribution in [0.1, 0.15) is 0 Å². The fourth-order valence-corrected chi connectivity index (χ4v) is 12.2. The van der Waals surface area contributed by atoms with Gasteiger partial charge in [0, 0.05) is 44.1 Å². The number of rotatable bonds is 7. The standard InChI is InChI=1S/C54H37N2OP/c57-58(46-18-8-3-9-19-46)52-23-13-11-21-48(52)50-37-36-49-47-20-10-12-22-51(47)56(53(49)54(50)58)45-34-32-44(33-35-45)55(42-28-24-40(25-29-42)38-14-4-1-5-15-38)43-30-26-41(27-31-43)39-16-6-2-7-17-39/h1-37H. The monoisotopic (exact) mass is 760 g/mol. The molecule has 3 nitrogen and oxygen atoms in total. The molecule has 0 saturated heterocycles. The molecule has 1 aliphatic rings. The van der Waals surface area contributed by atoms with E-state index in [-0.39, 0.29) is 0 Å². The van der Waals surface area contributed by atoms with Crippen LogP contribution >= 0.6 is 7.14 Å². The van der Waals surface area contributed by atoms with Gasteiger partial charge in [-0.15, -0.1) is 0 Å². The molecule has 274 valence electrons. The third-order valence-electron chi connectivity index (χ3n) is 11.6. The van der Waals surface area contributed by atoms with Crippen LogP contribution in [0.15, 0.2) is 224 Å². The maximum Gasteiger partial charge on any atom is 0.174 e. The topological polar surface area (TPSA) is 25.2 Å². The summed E-state index contributed by atoms with van der Waals surface area (Å²) in [7, 11) is -3.24. The van der Waals surface area contributed by atoms with Crippen molar-refractivity contribution in [1.29, 1.82) is 0 Å². The Morgan fingerprint density at radius 1 is 0.379 bits per heavy atom. The highest BCUT2D eigenvalue weighted by Gasteiger charge is 2.42. The Morgan fingerprint density at radius 2 is 0.862 bits per heavy atom. The molecule has 11 rings (SSSR count). The summed E-state index contributed by atoms with van der Waals surface area (Å²) in [5.74, 6) is 0. The van der Waals surface area contributed by atoms with Gasteiger partial charge >= 0.3 is 0 Å². The lowest BCUT2D eigenvalue weighted by atomic mass is 10.0. The van der Waals surface area contributed by atoms with E-state index in [0.29, 0.717) is 0 Å². The maximum absolute atomic E-state index is 16.0. The van der Waals surface area contributed by atoms with E-state index < -0.39 is 7.14 Å². The summed E-state index contributed by atoms with van der Waals surface area (Å²) in [4.78, 5) is 2.32. The van der Waals surface area contributed by atoms with E-state index in [0.717, 1.165) is 71.6 Å². The molecule has 0 spiro atoms. The molecule has 58 heavy (non-hydrogen) atoms. The first kappa shape index (κ1) is 34.1. The Hall–Kier alpha value is -7.19. The molecule has 1 unspecified atom stereocenters. The molecule has 4 heteroatoms. The molecule has 0 N–H and O–H groups in total. The van der Waals surface area contributed by atoms with Gasteiger partial charge in [0.2, 0.25) is 0 Å². The molecule has 2 heterocycles. The maximum atomic E-state index is 16.0. The van der Waals surface area contributed by atoms with Gasteiger partial charge in [-0.3, -0.25) is 0 Å². The first-order valence-corrected chi connectivity index (χ1v) is 21.4. The number of hydrogen-bond donors (Lipinski definition) is 0. The fourth-order valence-electron chi connectivity index (χ4n) is 8.91. The van der Waals surface area contributed by atoms with Crippen molar-refractivity contribution in [1.82, 2.24) is 4.57 Å². The molecule has 0 bridgehead atoms. The molecule has 0 saturated carbocycles. The SMILES string of the molecule is O=P1(c2ccccc2)c2ccccc2-c2ccc3c4ccccc4n(-c4ccc(N(c5ccc(-c6ccccc6)cc5)c5ccc(-c6ccccc6)cc5)cc4)c3c21. The Bertz CT molecular complexity index is 3070. The Kier molecular flexibility index (Phi) is 8.10. The molecule has 0 fully saturated rings. The number of nitrogens with zero attached hydrogens (tertiary/aromatic N) is 2. The van der Waals surface area contributed by atoms with Gasteiger partial charge in [0.15, 0.2) is 7.14 Å². The Labute approximate surface area is 338 Å². The lowest BCUT2D eigenvalue weighted by molar-refractivity contribution is 0.593. The smallest absolute Gasteiger partial charge is 0.174 e. The molecule has 1 aromatic heterocycles. The highest BCUT2D eigenvalue weighted by atomic mass is 31.2. The molecule has 0 amide bonds. The number of para-hydroxylation sites is 1. The van der Waals surface area contributed by atoms with Gasteiger partial charge in [-0.25, -0.2) is 0 Å². The zero-order valence-electron chi connectivity index (χ0n) is 31.6. The highest BCUT2D eigenvalue weighted by molar-refractivity contribution is 7.86.